The van der Waals surface area contributed by atoms with Crippen LogP contribution in [-0.2, 0) is 47.4 Å². The molecule has 0 aliphatic carbocycles. The van der Waals surface area contributed by atoms with E-state index in [0.717, 1.165) is 13.2 Å². The number of likely N-dealkylation sites (N-methyl/N-ethyl adjacent to an activating group) is 1. The molecule has 0 amide bonds. The third-order valence-electron chi connectivity index (χ3n) is 4.25. The lowest BCUT2D eigenvalue weighted by Crippen LogP contribution is -2.19. The number of rotatable bonds is 32. The number of halogens is 1. The highest BCUT2D eigenvalue weighted by atomic mass is 35.5. The minimum Gasteiger partial charge on any atom is -0.378 e. The van der Waals surface area contributed by atoms with Gasteiger partial charge in [-0.2, -0.15) is 0 Å². The van der Waals surface area contributed by atoms with Crippen LogP contribution in [0.25, 0.3) is 0 Å². The van der Waals surface area contributed by atoms with Gasteiger partial charge in [0.05, 0.1) is 132 Å². The highest BCUT2D eigenvalue weighted by Gasteiger charge is 1.96. The largest absolute Gasteiger partial charge is 0.378 e. The van der Waals surface area contributed by atoms with Gasteiger partial charge in [-0.1, -0.05) is 0 Å². The number of hydrogen-bond donors (Lipinski definition) is 0. The molecule has 0 aromatic heterocycles. The molecular formula is C24H50ClNO10. The smallest absolute Gasteiger partial charge is 0.0701 e. The van der Waals surface area contributed by atoms with E-state index in [1.54, 1.807) is 0 Å². The molecule has 0 heterocycles. The second-order valence-electron chi connectivity index (χ2n) is 7.62. The molecule has 0 aromatic rings. The number of hydrogen-bond acceptors (Lipinski definition) is 11. The van der Waals surface area contributed by atoms with Crippen LogP contribution in [0.1, 0.15) is 0 Å². The lowest BCUT2D eigenvalue weighted by molar-refractivity contribution is -0.0263. The molecule has 0 spiro atoms. The monoisotopic (exact) mass is 547 g/mol. The summed E-state index contributed by atoms with van der Waals surface area (Å²) in [6.45, 7) is 11.9. The molecule has 11 nitrogen and oxygen atoms in total. The molecule has 0 radical (unpaired) electrons. The Bertz CT molecular complexity index is 400. The topological polar surface area (TPSA) is 95.5 Å². The van der Waals surface area contributed by atoms with E-state index in [2.05, 4.69) is 4.90 Å². The van der Waals surface area contributed by atoms with Crippen molar-refractivity contribution in [2.75, 3.05) is 159 Å². The van der Waals surface area contributed by atoms with Crippen LogP contribution in [0.5, 0.6) is 0 Å². The number of alkyl halides is 1. The fourth-order valence-electron chi connectivity index (χ4n) is 2.38. The van der Waals surface area contributed by atoms with Gasteiger partial charge in [-0.3, -0.25) is 0 Å². The van der Waals surface area contributed by atoms with Crippen molar-refractivity contribution in [3.05, 3.63) is 0 Å². The van der Waals surface area contributed by atoms with Crippen molar-refractivity contribution in [2.24, 2.45) is 0 Å². The number of ether oxygens (including phenoxy) is 10. The Labute approximate surface area is 222 Å². The molecule has 12 heteroatoms. The first kappa shape index (κ1) is 35.9. The van der Waals surface area contributed by atoms with E-state index >= 15 is 0 Å². The summed E-state index contributed by atoms with van der Waals surface area (Å²) < 4.78 is 54.1. The summed E-state index contributed by atoms with van der Waals surface area (Å²) in [5.74, 6) is 0.502. The fourth-order valence-corrected chi connectivity index (χ4v) is 2.49. The molecule has 0 bridgehead atoms. The van der Waals surface area contributed by atoms with Crippen molar-refractivity contribution in [3.63, 3.8) is 0 Å². The molecular weight excluding hydrogens is 498 g/mol. The van der Waals surface area contributed by atoms with Crippen molar-refractivity contribution < 1.29 is 47.4 Å². The highest BCUT2D eigenvalue weighted by molar-refractivity contribution is 6.17. The average molecular weight is 548 g/mol. The predicted molar refractivity (Wildman–Crippen MR) is 137 cm³/mol. The first-order chi connectivity index (χ1) is 17.8. The Morgan fingerprint density at radius 2 is 0.528 bits per heavy atom. The summed E-state index contributed by atoms with van der Waals surface area (Å²) >= 11 is 5.50. The zero-order valence-electron chi connectivity index (χ0n) is 22.5. The quantitative estimate of drug-likeness (QED) is 0.0889. The van der Waals surface area contributed by atoms with E-state index in [1.165, 1.54) is 0 Å². The number of nitrogens with zero attached hydrogens (tertiary/aromatic N) is 1. The maximum absolute atomic E-state index is 5.50. The lowest BCUT2D eigenvalue weighted by atomic mass is 10.6. The van der Waals surface area contributed by atoms with E-state index < -0.39 is 0 Å². The normalized spacial score (nSPS) is 11.7. The summed E-state index contributed by atoms with van der Waals surface area (Å²) in [5.41, 5.74) is 0. The lowest BCUT2D eigenvalue weighted by Gasteiger charge is -2.10. The molecule has 0 aliphatic rings. The molecule has 0 N–H and O–H groups in total. The molecule has 0 rings (SSSR count). The van der Waals surface area contributed by atoms with Gasteiger partial charge in [0.15, 0.2) is 0 Å². The highest BCUT2D eigenvalue weighted by Crippen LogP contribution is 1.87. The first-order valence-electron chi connectivity index (χ1n) is 12.8. The van der Waals surface area contributed by atoms with E-state index in [1.807, 2.05) is 14.1 Å². The van der Waals surface area contributed by atoms with Gasteiger partial charge < -0.3 is 52.3 Å². The Balaban J connectivity index is 3.01. The SMILES string of the molecule is CN(C)CCOCCOCCOCCOCCOCCOCCOCCOCCOCCOCCCl. The maximum Gasteiger partial charge on any atom is 0.0701 e. The summed E-state index contributed by atoms with van der Waals surface area (Å²) in [6, 6.07) is 0. The second kappa shape index (κ2) is 32.9. The van der Waals surface area contributed by atoms with Gasteiger partial charge in [-0.15, -0.1) is 11.6 Å². The van der Waals surface area contributed by atoms with Crippen LogP contribution in [0.3, 0.4) is 0 Å². The van der Waals surface area contributed by atoms with Gasteiger partial charge in [0.1, 0.15) is 0 Å². The van der Waals surface area contributed by atoms with Gasteiger partial charge in [0, 0.05) is 12.4 Å². The van der Waals surface area contributed by atoms with Crippen molar-refractivity contribution in [3.8, 4) is 0 Å². The van der Waals surface area contributed by atoms with Crippen LogP contribution in [0, 0.1) is 0 Å². The summed E-state index contributed by atoms with van der Waals surface area (Å²) in [4.78, 5) is 2.08. The van der Waals surface area contributed by atoms with Crippen LogP contribution in [0.2, 0.25) is 0 Å². The molecule has 218 valence electrons. The molecule has 0 saturated carbocycles. The van der Waals surface area contributed by atoms with Crippen LogP contribution in [0.15, 0.2) is 0 Å². The minimum absolute atomic E-state index is 0.502. The van der Waals surface area contributed by atoms with Crippen molar-refractivity contribution >= 4 is 11.6 Å². The molecule has 0 unspecified atom stereocenters. The van der Waals surface area contributed by atoms with Crippen LogP contribution < -0.4 is 0 Å². The minimum atomic E-state index is 0.502. The standard InChI is InChI=1S/C24H50ClNO10/c1-26(2)4-6-28-8-10-30-12-14-32-16-18-34-20-22-36-24-23-35-21-19-33-17-15-31-13-11-29-9-7-27-5-3-25/h3-24H2,1-2H3. The van der Waals surface area contributed by atoms with Crippen LogP contribution in [0.4, 0.5) is 0 Å². The molecule has 0 fully saturated rings. The Morgan fingerprint density at radius 1 is 0.333 bits per heavy atom. The first-order valence-corrected chi connectivity index (χ1v) is 13.3. The fraction of sp³-hybridized carbons (Fsp3) is 1.00. The summed E-state index contributed by atoms with van der Waals surface area (Å²) in [5, 5.41) is 0. The van der Waals surface area contributed by atoms with Gasteiger partial charge >= 0.3 is 0 Å². The van der Waals surface area contributed by atoms with Gasteiger partial charge in [0.25, 0.3) is 0 Å². The molecule has 0 aliphatic heterocycles. The zero-order chi connectivity index (χ0) is 26.2. The van der Waals surface area contributed by atoms with Crippen molar-refractivity contribution in [2.45, 2.75) is 0 Å². The molecule has 0 atom stereocenters. The average Bonchev–Trinajstić information content (AvgIpc) is 2.87. The third-order valence-corrected chi connectivity index (χ3v) is 4.41. The Kier molecular flexibility index (Phi) is 32.7. The van der Waals surface area contributed by atoms with E-state index in [-0.39, 0.29) is 0 Å². The molecule has 0 aromatic carbocycles. The van der Waals surface area contributed by atoms with Gasteiger partial charge in [-0.25, -0.2) is 0 Å². The summed E-state index contributed by atoms with van der Waals surface area (Å²) in [6.07, 6.45) is 0. The van der Waals surface area contributed by atoms with E-state index in [0.29, 0.717) is 131 Å². The third kappa shape index (κ3) is 33.8. The van der Waals surface area contributed by atoms with Gasteiger partial charge in [0.2, 0.25) is 0 Å². The molecule has 36 heavy (non-hydrogen) atoms. The Hall–Kier alpha value is -0.150. The second-order valence-corrected chi connectivity index (χ2v) is 7.99. The predicted octanol–water partition coefficient (Wildman–Crippen LogP) is 0.953. The summed E-state index contributed by atoms with van der Waals surface area (Å²) in [7, 11) is 4.04. The Morgan fingerprint density at radius 3 is 0.722 bits per heavy atom. The van der Waals surface area contributed by atoms with Crippen molar-refractivity contribution in [1.82, 2.24) is 4.90 Å². The van der Waals surface area contributed by atoms with Crippen LogP contribution in [-0.4, -0.2) is 164 Å². The van der Waals surface area contributed by atoms with E-state index in [4.69, 9.17) is 59.0 Å². The van der Waals surface area contributed by atoms with Gasteiger partial charge in [-0.05, 0) is 14.1 Å². The molecule has 0 saturated heterocycles. The van der Waals surface area contributed by atoms with E-state index in [9.17, 15) is 0 Å². The zero-order valence-corrected chi connectivity index (χ0v) is 23.2. The van der Waals surface area contributed by atoms with Crippen molar-refractivity contribution in [1.29, 1.82) is 0 Å². The van der Waals surface area contributed by atoms with Crippen LogP contribution >= 0.6 is 11.6 Å². The maximum atomic E-state index is 5.50.